The fourth-order valence-electron chi connectivity index (χ4n) is 3.96. The molecule has 3 rings (SSSR count). The van der Waals surface area contributed by atoms with Crippen molar-refractivity contribution < 1.29 is 23.3 Å². The lowest BCUT2D eigenvalue weighted by molar-refractivity contribution is -0.133. The first-order valence-electron chi connectivity index (χ1n) is 10.3. The number of hydrogen-bond donors (Lipinski definition) is 0. The molecule has 1 aromatic heterocycles. The number of likely N-dealkylation sites (tertiary alicyclic amines) is 1. The Morgan fingerprint density at radius 2 is 1.94 bits per heavy atom. The summed E-state index contributed by atoms with van der Waals surface area (Å²) < 4.78 is 18.4. The van der Waals surface area contributed by atoms with Crippen molar-refractivity contribution in [1.29, 1.82) is 0 Å². The molecule has 0 saturated carbocycles. The Morgan fingerprint density at radius 3 is 2.56 bits per heavy atom. The van der Waals surface area contributed by atoms with Crippen molar-refractivity contribution in [2.24, 2.45) is 0 Å². The van der Waals surface area contributed by atoms with Crippen molar-refractivity contribution in [3.63, 3.8) is 0 Å². The second-order valence-electron chi connectivity index (χ2n) is 7.79. The van der Waals surface area contributed by atoms with Crippen molar-refractivity contribution in [3.8, 4) is 0 Å². The number of benzene rings is 1. The van der Waals surface area contributed by atoms with Crippen LogP contribution >= 0.6 is 0 Å². The number of esters is 1. The second kappa shape index (κ2) is 10.1. The van der Waals surface area contributed by atoms with Crippen molar-refractivity contribution >= 4 is 28.6 Å². The number of methoxy groups -OCH3 is 1. The van der Waals surface area contributed by atoms with Gasteiger partial charge in [-0.15, -0.1) is 0 Å². The van der Waals surface area contributed by atoms with Gasteiger partial charge in [0.25, 0.3) is 5.91 Å². The number of amides is 2. The molecule has 10 heteroatoms. The molecule has 2 amide bonds. The molecule has 32 heavy (non-hydrogen) atoms. The Hall–Kier alpha value is -3.01. The highest BCUT2D eigenvalue weighted by molar-refractivity contribution is 7.84. The summed E-state index contributed by atoms with van der Waals surface area (Å²) in [5, 5.41) is 4.43. The van der Waals surface area contributed by atoms with Crippen LogP contribution in [0.15, 0.2) is 35.4 Å². The molecule has 0 radical (unpaired) electrons. The number of likely N-dealkylation sites (N-methyl/N-ethyl adjacent to an activating group) is 1. The van der Waals surface area contributed by atoms with Gasteiger partial charge in [0.2, 0.25) is 5.91 Å². The van der Waals surface area contributed by atoms with Crippen LogP contribution in [0.2, 0.25) is 0 Å². The summed E-state index contributed by atoms with van der Waals surface area (Å²) in [4.78, 5) is 41.3. The van der Waals surface area contributed by atoms with Crippen LogP contribution in [0, 0.1) is 6.92 Å². The Bertz CT molecular complexity index is 1040. The van der Waals surface area contributed by atoms with Gasteiger partial charge < -0.3 is 14.5 Å². The number of hydrogen-bond acceptors (Lipinski definition) is 6. The summed E-state index contributed by atoms with van der Waals surface area (Å²) in [5.74, 6) is -0.929. The van der Waals surface area contributed by atoms with E-state index in [0.29, 0.717) is 24.3 Å². The molecule has 1 fully saturated rings. The first-order valence-corrected chi connectivity index (χ1v) is 11.9. The number of aryl methyl sites for hydroxylation is 1. The molecular weight excluding hydrogens is 432 g/mol. The van der Waals surface area contributed by atoms with E-state index in [1.54, 1.807) is 35.9 Å². The molecule has 0 aliphatic carbocycles. The SMILES string of the molecule is COC(=O)c1c(C)nn(CC(=O)N(C)[C@H]2CCCN(C(=O)c3ccccc3)C2)c1S(C)=O. The van der Waals surface area contributed by atoms with Gasteiger partial charge in [-0.25, -0.2) is 9.48 Å². The predicted octanol–water partition coefficient (Wildman–Crippen LogP) is 1.48. The van der Waals surface area contributed by atoms with Crippen molar-refractivity contribution in [3.05, 3.63) is 47.2 Å². The van der Waals surface area contributed by atoms with Gasteiger partial charge in [0, 0.05) is 38.0 Å². The monoisotopic (exact) mass is 460 g/mol. The summed E-state index contributed by atoms with van der Waals surface area (Å²) >= 11 is 0. The lowest BCUT2D eigenvalue weighted by atomic mass is 10.0. The average molecular weight is 461 g/mol. The van der Waals surface area contributed by atoms with Gasteiger partial charge in [-0.1, -0.05) is 18.2 Å². The summed E-state index contributed by atoms with van der Waals surface area (Å²) in [7, 11) is 1.40. The third-order valence-corrected chi connectivity index (χ3v) is 6.63. The maximum atomic E-state index is 13.0. The van der Waals surface area contributed by atoms with E-state index < -0.39 is 16.8 Å². The fraction of sp³-hybridized carbons (Fsp3) is 0.455. The van der Waals surface area contributed by atoms with Gasteiger partial charge in [-0.3, -0.25) is 13.8 Å². The Labute approximate surface area is 189 Å². The van der Waals surface area contributed by atoms with E-state index in [4.69, 9.17) is 4.74 Å². The summed E-state index contributed by atoms with van der Waals surface area (Å²) in [6, 6.07) is 8.94. The first-order chi connectivity index (χ1) is 15.2. The molecular formula is C22H28N4O5S. The topological polar surface area (TPSA) is 102 Å². The van der Waals surface area contributed by atoms with E-state index in [-0.39, 0.29) is 35.0 Å². The van der Waals surface area contributed by atoms with Gasteiger partial charge >= 0.3 is 5.97 Å². The van der Waals surface area contributed by atoms with Gasteiger partial charge in [-0.2, -0.15) is 5.10 Å². The Morgan fingerprint density at radius 1 is 1.25 bits per heavy atom. The molecule has 2 aromatic rings. The molecule has 1 aliphatic heterocycles. The standard InChI is InChI=1S/C22H28N4O5S/c1-15-19(22(29)31-3)21(32(4)30)26(23-15)14-18(27)24(2)17-11-8-12-25(13-17)20(28)16-9-6-5-7-10-16/h5-7,9-10,17H,8,11-14H2,1-4H3/t17-,32?/m0/s1. The minimum atomic E-state index is -1.54. The highest BCUT2D eigenvalue weighted by Gasteiger charge is 2.31. The van der Waals surface area contributed by atoms with Crippen LogP contribution in [0.4, 0.5) is 0 Å². The molecule has 1 aromatic carbocycles. The van der Waals surface area contributed by atoms with Gasteiger partial charge in [0.05, 0.1) is 23.6 Å². The lowest BCUT2D eigenvalue weighted by Crippen LogP contribution is -2.51. The van der Waals surface area contributed by atoms with Crippen LogP contribution in [0.5, 0.6) is 0 Å². The fourth-order valence-corrected chi connectivity index (χ4v) is 4.88. The van der Waals surface area contributed by atoms with E-state index in [1.165, 1.54) is 18.0 Å². The normalized spacial score (nSPS) is 17.0. The number of ether oxygens (including phenoxy) is 1. The molecule has 0 N–H and O–H groups in total. The van der Waals surface area contributed by atoms with Crippen LogP contribution < -0.4 is 0 Å². The summed E-state index contributed by atoms with van der Waals surface area (Å²) in [6.45, 7) is 2.54. The Kier molecular flexibility index (Phi) is 7.44. The first kappa shape index (κ1) is 23.6. The summed E-state index contributed by atoms with van der Waals surface area (Å²) in [6.07, 6.45) is 3.00. The molecule has 0 spiro atoms. The average Bonchev–Trinajstić information content (AvgIpc) is 3.13. The van der Waals surface area contributed by atoms with Crippen molar-refractivity contribution in [1.82, 2.24) is 19.6 Å². The van der Waals surface area contributed by atoms with Crippen LogP contribution in [0.25, 0.3) is 0 Å². The number of piperidine rings is 1. The van der Waals surface area contributed by atoms with E-state index in [0.717, 1.165) is 12.8 Å². The molecule has 0 bridgehead atoms. The van der Waals surface area contributed by atoms with Crippen LogP contribution in [-0.4, -0.2) is 81.1 Å². The van der Waals surface area contributed by atoms with Crippen LogP contribution in [-0.2, 0) is 26.9 Å². The largest absolute Gasteiger partial charge is 0.465 e. The van der Waals surface area contributed by atoms with E-state index in [1.807, 2.05) is 18.2 Å². The molecule has 2 heterocycles. The summed E-state index contributed by atoms with van der Waals surface area (Å²) in [5.41, 5.74) is 1.11. The zero-order valence-electron chi connectivity index (χ0n) is 18.7. The molecule has 172 valence electrons. The number of carbonyl (C=O) groups is 3. The Balaban J connectivity index is 1.74. The van der Waals surface area contributed by atoms with Crippen LogP contribution in [0.1, 0.15) is 39.3 Å². The van der Waals surface area contributed by atoms with Crippen LogP contribution in [0.3, 0.4) is 0 Å². The predicted molar refractivity (Wildman–Crippen MR) is 119 cm³/mol. The highest BCUT2D eigenvalue weighted by atomic mass is 32.2. The maximum absolute atomic E-state index is 13.0. The number of carbonyl (C=O) groups excluding carboxylic acids is 3. The minimum absolute atomic E-state index is 0.0507. The van der Waals surface area contributed by atoms with Crippen molar-refractivity contribution in [2.45, 2.75) is 37.4 Å². The quantitative estimate of drug-likeness (QED) is 0.605. The molecule has 1 unspecified atom stereocenters. The van der Waals surface area contributed by atoms with E-state index >= 15 is 0 Å². The third-order valence-electron chi connectivity index (χ3n) is 5.67. The van der Waals surface area contributed by atoms with E-state index in [9.17, 15) is 18.6 Å². The minimum Gasteiger partial charge on any atom is -0.465 e. The zero-order valence-corrected chi connectivity index (χ0v) is 19.6. The highest BCUT2D eigenvalue weighted by Crippen LogP contribution is 2.21. The molecule has 2 atom stereocenters. The van der Waals surface area contributed by atoms with Gasteiger partial charge in [0.15, 0.2) is 0 Å². The third kappa shape index (κ3) is 4.90. The van der Waals surface area contributed by atoms with Gasteiger partial charge in [-0.05, 0) is 31.9 Å². The lowest BCUT2D eigenvalue weighted by Gasteiger charge is -2.37. The molecule has 1 saturated heterocycles. The second-order valence-corrected chi connectivity index (χ2v) is 9.08. The molecule has 9 nitrogen and oxygen atoms in total. The number of rotatable bonds is 6. The molecule has 1 aliphatic rings. The van der Waals surface area contributed by atoms with E-state index in [2.05, 4.69) is 5.10 Å². The number of nitrogens with zero attached hydrogens (tertiary/aromatic N) is 4. The zero-order chi connectivity index (χ0) is 23.4. The maximum Gasteiger partial charge on any atom is 0.342 e. The number of aromatic nitrogens is 2. The smallest absolute Gasteiger partial charge is 0.342 e. The van der Waals surface area contributed by atoms with Crippen molar-refractivity contribution in [2.75, 3.05) is 33.5 Å². The van der Waals surface area contributed by atoms with Gasteiger partial charge in [0.1, 0.15) is 17.1 Å².